The number of rotatable bonds is 7. The molecule has 18 heavy (non-hydrogen) atoms. The molecule has 0 aliphatic rings. The summed E-state index contributed by atoms with van der Waals surface area (Å²) in [6.45, 7) is 12.0. The molecule has 0 saturated heterocycles. The highest BCUT2D eigenvalue weighted by Gasteiger charge is 2.25. The molecule has 1 atom stereocenters. The number of carboxylic acids is 1. The molecule has 0 heterocycles. The van der Waals surface area contributed by atoms with E-state index in [0.29, 0.717) is 13.1 Å². The van der Waals surface area contributed by atoms with E-state index in [4.69, 9.17) is 5.11 Å². The van der Waals surface area contributed by atoms with Gasteiger partial charge in [-0.15, -0.1) is 0 Å². The van der Waals surface area contributed by atoms with Gasteiger partial charge in [0.25, 0.3) is 0 Å². The maximum atomic E-state index is 12.3. The number of nitrogens with zero attached hydrogens (tertiary/aromatic N) is 2. The molecule has 0 aromatic rings. The summed E-state index contributed by atoms with van der Waals surface area (Å²) in [6, 6.07) is -0.329. The minimum absolute atomic E-state index is 0.0900. The molecule has 0 aliphatic heterocycles. The van der Waals surface area contributed by atoms with Gasteiger partial charge in [0, 0.05) is 19.1 Å². The minimum atomic E-state index is -0.991. The molecule has 0 aromatic carbocycles. The summed E-state index contributed by atoms with van der Waals surface area (Å²) in [7, 11) is 0. The quantitative estimate of drug-likeness (QED) is 0.710. The monoisotopic (exact) mass is 256 g/mol. The average Bonchev–Trinajstić information content (AvgIpc) is 2.30. The van der Waals surface area contributed by atoms with Crippen molar-refractivity contribution in [3.05, 3.63) is 12.2 Å². The predicted octanol–water partition coefficient (Wildman–Crippen LogP) is 2.19. The van der Waals surface area contributed by atoms with Crippen LogP contribution >= 0.6 is 0 Å². The van der Waals surface area contributed by atoms with Crippen LogP contribution in [0.5, 0.6) is 0 Å². The van der Waals surface area contributed by atoms with Crippen LogP contribution in [0.3, 0.4) is 0 Å². The Morgan fingerprint density at radius 1 is 1.28 bits per heavy atom. The summed E-state index contributed by atoms with van der Waals surface area (Å²) in [5.41, 5.74) is 0.879. The molecule has 0 saturated carbocycles. The van der Waals surface area contributed by atoms with Crippen LogP contribution in [0.15, 0.2) is 12.2 Å². The molecule has 0 aliphatic carbocycles. The molecule has 0 spiro atoms. The number of likely N-dealkylation sites (N-methyl/N-ethyl adjacent to an activating group) is 1. The number of carbonyl (C=O) groups excluding carboxylic acids is 1. The van der Waals surface area contributed by atoms with Gasteiger partial charge in [-0.1, -0.05) is 19.1 Å². The van der Waals surface area contributed by atoms with E-state index in [0.717, 1.165) is 12.0 Å². The summed E-state index contributed by atoms with van der Waals surface area (Å²) in [5.74, 6) is -0.991. The van der Waals surface area contributed by atoms with Crippen molar-refractivity contribution < 1.29 is 14.7 Å². The van der Waals surface area contributed by atoms with Gasteiger partial charge in [0.1, 0.15) is 6.54 Å². The molecule has 0 radical (unpaired) electrons. The maximum absolute atomic E-state index is 12.3. The summed E-state index contributed by atoms with van der Waals surface area (Å²) in [6.07, 6.45) is 0.726. The minimum Gasteiger partial charge on any atom is -0.480 e. The van der Waals surface area contributed by atoms with E-state index in [1.54, 1.807) is 4.90 Å². The molecular weight excluding hydrogens is 232 g/mol. The molecule has 0 bridgehead atoms. The normalized spacial score (nSPS) is 11.8. The van der Waals surface area contributed by atoms with Crippen molar-refractivity contribution in [1.29, 1.82) is 0 Å². The molecule has 0 fully saturated rings. The Bertz CT molecular complexity index is 315. The first-order valence-corrected chi connectivity index (χ1v) is 6.25. The van der Waals surface area contributed by atoms with Crippen LogP contribution in [0.2, 0.25) is 0 Å². The lowest BCUT2D eigenvalue weighted by Crippen LogP contribution is -2.49. The maximum Gasteiger partial charge on any atom is 0.323 e. The Morgan fingerprint density at radius 3 is 2.17 bits per heavy atom. The van der Waals surface area contributed by atoms with Crippen molar-refractivity contribution in [3.8, 4) is 0 Å². The van der Waals surface area contributed by atoms with Gasteiger partial charge in [-0.2, -0.15) is 0 Å². The molecule has 1 N–H and O–H groups in total. The Kier molecular flexibility index (Phi) is 7.08. The largest absolute Gasteiger partial charge is 0.480 e. The second-order valence-corrected chi connectivity index (χ2v) is 4.53. The second kappa shape index (κ2) is 7.74. The van der Waals surface area contributed by atoms with Crippen LogP contribution in [0.25, 0.3) is 0 Å². The topological polar surface area (TPSA) is 60.9 Å². The lowest BCUT2D eigenvalue weighted by molar-refractivity contribution is -0.138. The SMILES string of the molecule is C=C(C)CN(CC)C(=O)N(CC(=O)O)C(C)CC. The van der Waals surface area contributed by atoms with Gasteiger partial charge < -0.3 is 14.9 Å². The first-order chi connectivity index (χ1) is 8.33. The van der Waals surface area contributed by atoms with E-state index in [1.165, 1.54) is 4.90 Å². The fourth-order valence-corrected chi connectivity index (χ4v) is 1.60. The highest BCUT2D eigenvalue weighted by Crippen LogP contribution is 2.09. The Hall–Kier alpha value is -1.52. The van der Waals surface area contributed by atoms with Crippen molar-refractivity contribution in [3.63, 3.8) is 0 Å². The van der Waals surface area contributed by atoms with Crippen LogP contribution in [-0.2, 0) is 4.79 Å². The Balaban J connectivity index is 4.90. The average molecular weight is 256 g/mol. The number of carbonyl (C=O) groups is 2. The van der Waals surface area contributed by atoms with Crippen LogP contribution in [-0.4, -0.2) is 52.6 Å². The molecular formula is C13H24N2O3. The van der Waals surface area contributed by atoms with Gasteiger partial charge in [-0.05, 0) is 27.2 Å². The number of hydrogen-bond donors (Lipinski definition) is 1. The Labute approximate surface area is 109 Å². The fraction of sp³-hybridized carbons (Fsp3) is 0.692. The van der Waals surface area contributed by atoms with E-state index in [-0.39, 0.29) is 18.6 Å². The highest BCUT2D eigenvalue weighted by molar-refractivity contribution is 5.80. The van der Waals surface area contributed by atoms with Gasteiger partial charge in [-0.3, -0.25) is 4.79 Å². The molecule has 0 rings (SSSR count). The zero-order valence-corrected chi connectivity index (χ0v) is 11.8. The molecule has 5 heteroatoms. The van der Waals surface area contributed by atoms with Gasteiger partial charge in [0.2, 0.25) is 0 Å². The first kappa shape index (κ1) is 16.5. The third-order valence-electron chi connectivity index (χ3n) is 2.79. The second-order valence-electron chi connectivity index (χ2n) is 4.53. The number of amides is 2. The molecule has 0 aromatic heterocycles. The van der Waals surface area contributed by atoms with Crippen molar-refractivity contribution in [1.82, 2.24) is 9.80 Å². The smallest absolute Gasteiger partial charge is 0.323 e. The number of carboxylic acid groups (broad SMARTS) is 1. The highest BCUT2D eigenvalue weighted by atomic mass is 16.4. The van der Waals surface area contributed by atoms with Gasteiger partial charge in [0.05, 0.1) is 0 Å². The van der Waals surface area contributed by atoms with Crippen molar-refractivity contribution in [2.24, 2.45) is 0 Å². The van der Waals surface area contributed by atoms with Gasteiger partial charge in [-0.25, -0.2) is 4.79 Å². The van der Waals surface area contributed by atoms with Gasteiger partial charge >= 0.3 is 12.0 Å². The van der Waals surface area contributed by atoms with Crippen LogP contribution in [0, 0.1) is 0 Å². The van der Waals surface area contributed by atoms with E-state index in [1.807, 2.05) is 27.7 Å². The molecule has 5 nitrogen and oxygen atoms in total. The molecule has 104 valence electrons. The summed E-state index contributed by atoms with van der Waals surface area (Å²) in [4.78, 5) is 26.1. The number of hydrogen-bond acceptors (Lipinski definition) is 2. The van der Waals surface area contributed by atoms with E-state index in [2.05, 4.69) is 6.58 Å². The zero-order valence-electron chi connectivity index (χ0n) is 11.8. The lowest BCUT2D eigenvalue weighted by atomic mass is 10.2. The van der Waals surface area contributed by atoms with Crippen molar-refractivity contribution in [2.75, 3.05) is 19.6 Å². The summed E-state index contributed by atoms with van der Waals surface area (Å²) < 4.78 is 0. The predicted molar refractivity (Wildman–Crippen MR) is 71.6 cm³/mol. The third-order valence-corrected chi connectivity index (χ3v) is 2.79. The number of aliphatic carboxylic acids is 1. The fourth-order valence-electron chi connectivity index (χ4n) is 1.60. The third kappa shape index (κ3) is 5.21. The number of urea groups is 1. The summed E-state index contributed by atoms with van der Waals surface area (Å²) >= 11 is 0. The first-order valence-electron chi connectivity index (χ1n) is 6.25. The van der Waals surface area contributed by atoms with Crippen LogP contribution in [0.4, 0.5) is 4.79 Å². The van der Waals surface area contributed by atoms with Crippen molar-refractivity contribution >= 4 is 12.0 Å². The van der Waals surface area contributed by atoms with Gasteiger partial charge in [0.15, 0.2) is 0 Å². The zero-order chi connectivity index (χ0) is 14.3. The Morgan fingerprint density at radius 2 is 1.83 bits per heavy atom. The lowest BCUT2D eigenvalue weighted by Gasteiger charge is -2.32. The molecule has 1 unspecified atom stereocenters. The van der Waals surface area contributed by atoms with E-state index >= 15 is 0 Å². The summed E-state index contributed by atoms with van der Waals surface area (Å²) in [5, 5.41) is 8.88. The van der Waals surface area contributed by atoms with Crippen molar-refractivity contribution in [2.45, 2.75) is 40.2 Å². The van der Waals surface area contributed by atoms with E-state index in [9.17, 15) is 9.59 Å². The van der Waals surface area contributed by atoms with E-state index < -0.39 is 5.97 Å². The molecule has 2 amide bonds. The standard InChI is InChI=1S/C13H24N2O3/c1-6-11(5)15(9-12(16)17)13(18)14(7-2)8-10(3)4/h11H,3,6-9H2,1-2,4-5H3,(H,16,17). The van der Waals surface area contributed by atoms with Crippen LogP contribution < -0.4 is 0 Å². The van der Waals surface area contributed by atoms with Crippen LogP contribution in [0.1, 0.15) is 34.1 Å².